The zero-order chi connectivity index (χ0) is 22.2. The van der Waals surface area contributed by atoms with E-state index in [1.807, 2.05) is 19.1 Å². The molecule has 162 valence electrons. The number of aryl methyl sites for hydroxylation is 1. The first kappa shape index (κ1) is 22.3. The molecule has 31 heavy (non-hydrogen) atoms. The summed E-state index contributed by atoms with van der Waals surface area (Å²) in [4.78, 5) is 28.4. The summed E-state index contributed by atoms with van der Waals surface area (Å²) in [6.07, 6.45) is 5.53. The molecule has 1 fully saturated rings. The van der Waals surface area contributed by atoms with E-state index in [0.717, 1.165) is 42.4 Å². The number of nitrogens with one attached hydrogen (secondary N) is 2. The van der Waals surface area contributed by atoms with Crippen LogP contribution < -0.4 is 10.6 Å². The van der Waals surface area contributed by atoms with Crippen LogP contribution in [-0.4, -0.2) is 24.0 Å². The average Bonchev–Trinajstić information content (AvgIpc) is 2.79. The number of hydrogen-bond acceptors (Lipinski definition) is 6. The molecule has 0 saturated heterocycles. The number of esters is 1. The molecule has 1 aromatic heterocycles. The lowest BCUT2D eigenvalue weighted by Crippen LogP contribution is -2.26. The Morgan fingerprint density at radius 2 is 1.94 bits per heavy atom. The highest BCUT2D eigenvalue weighted by atomic mass is 16.5. The van der Waals surface area contributed by atoms with E-state index < -0.39 is 0 Å². The van der Waals surface area contributed by atoms with Crippen molar-refractivity contribution in [3.8, 4) is 6.07 Å². The maximum atomic E-state index is 12.2. The van der Waals surface area contributed by atoms with Crippen LogP contribution in [-0.2, 0) is 20.9 Å². The smallest absolute Gasteiger partial charge is 0.309 e. The third-order valence-corrected chi connectivity index (χ3v) is 5.80. The molecule has 7 nitrogen and oxygen atoms in total. The van der Waals surface area contributed by atoms with E-state index in [4.69, 9.17) is 10.00 Å². The Morgan fingerprint density at radius 3 is 2.65 bits per heavy atom. The zero-order valence-corrected chi connectivity index (χ0v) is 18.0. The second-order valence-electron chi connectivity index (χ2n) is 7.85. The molecule has 0 bridgehead atoms. The Kier molecular flexibility index (Phi) is 7.60. The number of amides is 1. The van der Waals surface area contributed by atoms with Crippen molar-refractivity contribution in [3.05, 3.63) is 53.2 Å². The van der Waals surface area contributed by atoms with Crippen molar-refractivity contribution in [2.75, 3.05) is 17.7 Å². The number of carbonyl (C=O) groups is 2. The maximum absolute atomic E-state index is 12.2. The predicted molar refractivity (Wildman–Crippen MR) is 118 cm³/mol. The largest absolute Gasteiger partial charge is 0.469 e. The SMILES string of the molecule is COC(=O)C1CCCCC1c1ccc(CNc2nccc(C)c2NC(=O)CC#N)cc1. The molecule has 1 saturated carbocycles. The van der Waals surface area contributed by atoms with Gasteiger partial charge in [0.2, 0.25) is 5.91 Å². The molecule has 2 aromatic rings. The number of nitriles is 1. The minimum Gasteiger partial charge on any atom is -0.469 e. The number of hydrogen-bond donors (Lipinski definition) is 2. The normalized spacial score (nSPS) is 18.0. The van der Waals surface area contributed by atoms with E-state index in [2.05, 4.69) is 39.9 Å². The van der Waals surface area contributed by atoms with Crippen molar-refractivity contribution in [2.24, 2.45) is 5.92 Å². The van der Waals surface area contributed by atoms with Crippen LogP contribution in [0.4, 0.5) is 11.5 Å². The third-order valence-electron chi connectivity index (χ3n) is 5.80. The van der Waals surface area contributed by atoms with E-state index in [-0.39, 0.29) is 30.1 Å². The quantitative estimate of drug-likeness (QED) is 0.647. The summed E-state index contributed by atoms with van der Waals surface area (Å²) in [6, 6.07) is 11.9. The summed E-state index contributed by atoms with van der Waals surface area (Å²) in [5, 5.41) is 14.7. The van der Waals surface area contributed by atoms with Crippen LogP contribution in [0.5, 0.6) is 0 Å². The van der Waals surface area contributed by atoms with Gasteiger partial charge in [-0.25, -0.2) is 4.98 Å². The van der Waals surface area contributed by atoms with E-state index >= 15 is 0 Å². The molecule has 1 aliphatic carbocycles. The summed E-state index contributed by atoms with van der Waals surface area (Å²) in [7, 11) is 1.46. The van der Waals surface area contributed by atoms with Gasteiger partial charge in [-0.15, -0.1) is 0 Å². The fourth-order valence-electron chi connectivity index (χ4n) is 4.14. The number of aromatic nitrogens is 1. The molecule has 2 unspecified atom stereocenters. The summed E-state index contributed by atoms with van der Waals surface area (Å²) in [5.41, 5.74) is 3.68. The van der Waals surface area contributed by atoms with Crippen molar-refractivity contribution in [3.63, 3.8) is 0 Å². The van der Waals surface area contributed by atoms with E-state index in [1.54, 1.807) is 6.20 Å². The first-order valence-corrected chi connectivity index (χ1v) is 10.6. The van der Waals surface area contributed by atoms with Gasteiger partial charge in [-0.3, -0.25) is 9.59 Å². The van der Waals surface area contributed by atoms with Crippen molar-refractivity contribution < 1.29 is 14.3 Å². The number of rotatable bonds is 7. The highest BCUT2D eigenvalue weighted by molar-refractivity contribution is 5.95. The summed E-state index contributed by atoms with van der Waals surface area (Å²) in [5.74, 6) is 0.210. The van der Waals surface area contributed by atoms with Gasteiger partial charge in [0.25, 0.3) is 0 Å². The van der Waals surface area contributed by atoms with Crippen molar-refractivity contribution in [2.45, 2.75) is 51.5 Å². The Balaban J connectivity index is 1.69. The standard InChI is InChI=1S/C24H28N4O3/c1-16-12-14-26-23(22(16)28-21(29)11-13-25)27-15-17-7-9-18(10-8-17)19-5-3-4-6-20(19)24(30)31-2/h7-10,12,14,19-20H,3-6,11,15H2,1-2H3,(H,26,27)(H,28,29). The van der Waals surface area contributed by atoms with E-state index in [1.165, 1.54) is 7.11 Å². The molecule has 1 amide bonds. The Morgan fingerprint density at radius 1 is 1.19 bits per heavy atom. The van der Waals surface area contributed by atoms with Crippen LogP contribution in [0.25, 0.3) is 0 Å². The number of nitrogens with zero attached hydrogens (tertiary/aromatic N) is 2. The van der Waals surface area contributed by atoms with Gasteiger partial charge in [-0.1, -0.05) is 37.1 Å². The third kappa shape index (κ3) is 5.60. The van der Waals surface area contributed by atoms with Gasteiger partial charge in [0.15, 0.2) is 0 Å². The molecule has 1 aromatic carbocycles. The second kappa shape index (κ2) is 10.6. The van der Waals surface area contributed by atoms with Crippen molar-refractivity contribution in [1.82, 2.24) is 4.98 Å². The molecule has 2 atom stereocenters. The number of ether oxygens (including phenoxy) is 1. The molecular formula is C24H28N4O3. The fourth-order valence-corrected chi connectivity index (χ4v) is 4.14. The number of methoxy groups -OCH3 is 1. The second-order valence-corrected chi connectivity index (χ2v) is 7.85. The van der Waals surface area contributed by atoms with E-state index in [0.29, 0.717) is 18.1 Å². The van der Waals surface area contributed by atoms with Crippen LogP contribution >= 0.6 is 0 Å². The molecule has 3 rings (SSSR count). The Bertz CT molecular complexity index is 966. The van der Waals surface area contributed by atoms with Crippen LogP contribution in [0, 0.1) is 24.2 Å². The zero-order valence-electron chi connectivity index (χ0n) is 18.0. The van der Waals surface area contributed by atoms with Crippen LogP contribution in [0.2, 0.25) is 0 Å². The molecule has 1 aliphatic rings. The van der Waals surface area contributed by atoms with Gasteiger partial charge in [0.1, 0.15) is 12.2 Å². The van der Waals surface area contributed by atoms with E-state index in [9.17, 15) is 9.59 Å². The predicted octanol–water partition coefficient (Wildman–Crippen LogP) is 4.30. The summed E-state index contributed by atoms with van der Waals surface area (Å²) < 4.78 is 5.01. The highest BCUT2D eigenvalue weighted by Crippen LogP contribution is 2.38. The summed E-state index contributed by atoms with van der Waals surface area (Å²) in [6.45, 7) is 2.41. The molecule has 0 radical (unpaired) electrons. The van der Waals surface area contributed by atoms with Gasteiger partial charge in [-0.05, 0) is 48.4 Å². The monoisotopic (exact) mass is 420 g/mol. The lowest BCUT2D eigenvalue weighted by molar-refractivity contribution is -0.147. The van der Waals surface area contributed by atoms with Crippen molar-refractivity contribution in [1.29, 1.82) is 5.26 Å². The Labute approximate surface area is 182 Å². The molecular weight excluding hydrogens is 392 g/mol. The molecule has 0 spiro atoms. The van der Waals surface area contributed by atoms with Gasteiger partial charge in [0, 0.05) is 12.7 Å². The van der Waals surface area contributed by atoms with Gasteiger partial charge in [-0.2, -0.15) is 5.26 Å². The minimum absolute atomic E-state index is 0.0706. The molecule has 0 aliphatic heterocycles. The Hall–Kier alpha value is -3.40. The van der Waals surface area contributed by atoms with Gasteiger partial charge < -0.3 is 15.4 Å². The highest BCUT2D eigenvalue weighted by Gasteiger charge is 2.32. The molecule has 2 N–H and O–H groups in total. The number of anilines is 2. The van der Waals surface area contributed by atoms with Gasteiger partial charge in [0.05, 0.1) is 24.8 Å². The summed E-state index contributed by atoms with van der Waals surface area (Å²) >= 11 is 0. The molecule has 7 heteroatoms. The topological polar surface area (TPSA) is 104 Å². The maximum Gasteiger partial charge on any atom is 0.309 e. The van der Waals surface area contributed by atoms with Gasteiger partial charge >= 0.3 is 5.97 Å². The van der Waals surface area contributed by atoms with Crippen LogP contribution in [0.15, 0.2) is 36.5 Å². The lowest BCUT2D eigenvalue weighted by atomic mass is 9.75. The minimum atomic E-state index is -0.362. The average molecular weight is 421 g/mol. The first-order chi connectivity index (χ1) is 15.0. The number of benzene rings is 1. The number of pyridine rings is 1. The number of carbonyl (C=O) groups excluding carboxylic acids is 2. The first-order valence-electron chi connectivity index (χ1n) is 10.6. The van der Waals surface area contributed by atoms with Crippen molar-refractivity contribution >= 4 is 23.4 Å². The fraction of sp³-hybridized carbons (Fsp3) is 0.417. The van der Waals surface area contributed by atoms with Crippen LogP contribution in [0.1, 0.15) is 54.7 Å². The lowest BCUT2D eigenvalue weighted by Gasteiger charge is -2.30. The molecule has 1 heterocycles. The van der Waals surface area contributed by atoms with Crippen LogP contribution in [0.3, 0.4) is 0 Å².